The molecule has 0 N–H and O–H groups in total. The fraction of sp³-hybridized carbons (Fsp3) is 0.643. The van der Waals surface area contributed by atoms with E-state index in [2.05, 4.69) is 20.1 Å². The van der Waals surface area contributed by atoms with Crippen molar-refractivity contribution in [2.75, 3.05) is 26.2 Å². The molecular weight excluding hydrogens is 300 g/mol. The number of rotatable bonds is 4. The molecule has 0 aromatic carbocycles. The number of hydrogen-bond acceptors (Lipinski definition) is 7. The highest BCUT2D eigenvalue weighted by Crippen LogP contribution is 2.09. The molecule has 1 aliphatic heterocycles. The highest BCUT2D eigenvalue weighted by Gasteiger charge is 2.14. The number of nitrogens with zero attached hydrogens (tertiary/aromatic N) is 6. The number of fused-ring (bicyclic) bond motifs is 1. The molecule has 1 aliphatic rings. The monoisotopic (exact) mass is 320 g/mol. The van der Waals surface area contributed by atoms with Crippen LogP contribution in [0, 0.1) is 0 Å². The van der Waals surface area contributed by atoms with Gasteiger partial charge in [-0.2, -0.15) is 4.98 Å². The second-order valence-electron chi connectivity index (χ2n) is 5.72. The van der Waals surface area contributed by atoms with E-state index < -0.39 is 11.2 Å². The minimum atomic E-state index is -0.501. The van der Waals surface area contributed by atoms with Crippen LogP contribution in [0.4, 0.5) is 0 Å². The summed E-state index contributed by atoms with van der Waals surface area (Å²) in [6.45, 7) is 3.41. The molecule has 2 aromatic heterocycles. The average Bonchev–Trinajstić information content (AvgIpc) is 2.59. The van der Waals surface area contributed by atoms with Crippen molar-refractivity contribution in [3.8, 4) is 6.01 Å². The molecule has 9 nitrogen and oxygen atoms in total. The van der Waals surface area contributed by atoms with Crippen LogP contribution >= 0.6 is 0 Å². The third-order valence-electron chi connectivity index (χ3n) is 4.14. The van der Waals surface area contributed by atoms with Crippen LogP contribution in [0.5, 0.6) is 6.01 Å². The second kappa shape index (κ2) is 6.45. The van der Waals surface area contributed by atoms with Gasteiger partial charge in [0, 0.05) is 20.6 Å². The Labute approximate surface area is 132 Å². The summed E-state index contributed by atoms with van der Waals surface area (Å²) >= 11 is 0. The molecule has 0 unspecified atom stereocenters. The van der Waals surface area contributed by atoms with Gasteiger partial charge in [0.25, 0.3) is 5.56 Å². The summed E-state index contributed by atoms with van der Waals surface area (Å²) in [5.41, 5.74) is -0.727. The molecule has 0 atom stereocenters. The lowest BCUT2D eigenvalue weighted by Crippen LogP contribution is -2.38. The largest absolute Gasteiger partial charge is 0.461 e. The van der Waals surface area contributed by atoms with Crippen molar-refractivity contribution in [1.82, 2.24) is 29.2 Å². The van der Waals surface area contributed by atoms with Crippen LogP contribution in [0.3, 0.4) is 0 Å². The normalized spacial score (nSPS) is 15.9. The van der Waals surface area contributed by atoms with Gasteiger partial charge in [-0.3, -0.25) is 18.8 Å². The van der Waals surface area contributed by atoms with Crippen LogP contribution in [0.25, 0.3) is 11.2 Å². The lowest BCUT2D eigenvalue weighted by Gasteiger charge is -2.25. The fourth-order valence-corrected chi connectivity index (χ4v) is 2.75. The van der Waals surface area contributed by atoms with E-state index in [0.29, 0.717) is 6.61 Å². The minimum Gasteiger partial charge on any atom is -0.461 e. The number of piperidine rings is 1. The average molecular weight is 320 g/mol. The zero-order chi connectivity index (χ0) is 16.4. The van der Waals surface area contributed by atoms with Gasteiger partial charge in [0.2, 0.25) is 0 Å². The summed E-state index contributed by atoms with van der Waals surface area (Å²) in [4.78, 5) is 30.4. The smallest absolute Gasteiger partial charge is 0.336 e. The van der Waals surface area contributed by atoms with Crippen LogP contribution in [-0.2, 0) is 14.1 Å². The third-order valence-corrected chi connectivity index (χ3v) is 4.14. The summed E-state index contributed by atoms with van der Waals surface area (Å²) in [5, 5.41) is 7.76. The van der Waals surface area contributed by atoms with Gasteiger partial charge >= 0.3 is 11.7 Å². The van der Waals surface area contributed by atoms with Crippen molar-refractivity contribution in [2.24, 2.45) is 14.1 Å². The predicted octanol–water partition coefficient (Wildman–Crippen LogP) is -0.713. The molecule has 3 rings (SSSR count). The Morgan fingerprint density at radius 2 is 1.78 bits per heavy atom. The third kappa shape index (κ3) is 3.09. The van der Waals surface area contributed by atoms with Crippen LogP contribution in [0.1, 0.15) is 19.3 Å². The first-order chi connectivity index (χ1) is 11.1. The van der Waals surface area contributed by atoms with Gasteiger partial charge in [0.05, 0.1) is 0 Å². The number of aryl methyl sites for hydroxylation is 1. The van der Waals surface area contributed by atoms with Gasteiger partial charge in [-0.15, -0.1) is 5.10 Å². The SMILES string of the molecule is Cn1c(=O)c2nc(OCCN3CCCCC3)nnc2n(C)c1=O. The molecule has 124 valence electrons. The Kier molecular flexibility index (Phi) is 4.37. The summed E-state index contributed by atoms with van der Waals surface area (Å²) in [7, 11) is 2.93. The maximum absolute atomic E-state index is 12.1. The summed E-state index contributed by atoms with van der Waals surface area (Å²) in [6, 6.07) is 0.0604. The first-order valence-electron chi connectivity index (χ1n) is 7.73. The molecule has 0 aliphatic carbocycles. The number of aromatic nitrogens is 5. The van der Waals surface area contributed by atoms with Crippen molar-refractivity contribution in [3.63, 3.8) is 0 Å². The quantitative estimate of drug-likeness (QED) is 0.734. The first-order valence-corrected chi connectivity index (χ1v) is 7.73. The van der Waals surface area contributed by atoms with Crippen LogP contribution in [0.2, 0.25) is 0 Å². The molecule has 3 heterocycles. The molecular formula is C14H20N6O3. The van der Waals surface area contributed by atoms with E-state index >= 15 is 0 Å². The Hall–Kier alpha value is -2.29. The molecule has 0 spiro atoms. The highest BCUT2D eigenvalue weighted by molar-refractivity contribution is 5.67. The van der Waals surface area contributed by atoms with Crippen LogP contribution < -0.4 is 16.0 Å². The fourth-order valence-electron chi connectivity index (χ4n) is 2.75. The maximum atomic E-state index is 12.1. The Balaban J connectivity index is 1.77. The molecule has 1 saturated heterocycles. The topological polar surface area (TPSA) is 95.1 Å². The maximum Gasteiger partial charge on any atom is 0.336 e. The number of hydrogen-bond donors (Lipinski definition) is 0. The Bertz CT molecular complexity index is 822. The molecule has 1 fully saturated rings. The van der Waals surface area contributed by atoms with E-state index in [4.69, 9.17) is 4.74 Å². The van der Waals surface area contributed by atoms with Gasteiger partial charge in [0.15, 0.2) is 11.2 Å². The zero-order valence-electron chi connectivity index (χ0n) is 13.4. The van der Waals surface area contributed by atoms with Gasteiger partial charge in [-0.05, 0) is 25.9 Å². The number of ether oxygens (including phenoxy) is 1. The molecule has 9 heteroatoms. The van der Waals surface area contributed by atoms with Crippen molar-refractivity contribution < 1.29 is 4.74 Å². The van der Waals surface area contributed by atoms with Crippen LogP contribution in [-0.4, -0.2) is 55.5 Å². The highest BCUT2D eigenvalue weighted by atomic mass is 16.5. The van der Waals surface area contributed by atoms with E-state index in [1.54, 1.807) is 0 Å². The van der Waals surface area contributed by atoms with Crippen molar-refractivity contribution in [1.29, 1.82) is 0 Å². The number of likely N-dealkylation sites (tertiary alicyclic amines) is 1. The second-order valence-corrected chi connectivity index (χ2v) is 5.72. The van der Waals surface area contributed by atoms with E-state index in [9.17, 15) is 9.59 Å². The van der Waals surface area contributed by atoms with Gasteiger partial charge in [-0.1, -0.05) is 11.5 Å². The van der Waals surface area contributed by atoms with Gasteiger partial charge < -0.3 is 4.74 Å². The summed E-state index contributed by atoms with van der Waals surface area (Å²) in [6.07, 6.45) is 3.73. The predicted molar refractivity (Wildman–Crippen MR) is 83.6 cm³/mol. The van der Waals surface area contributed by atoms with Gasteiger partial charge in [-0.25, -0.2) is 4.79 Å². The lowest BCUT2D eigenvalue weighted by molar-refractivity contribution is 0.176. The standard InChI is InChI=1S/C14H20N6O3/c1-18-11-10(12(21)19(2)14(18)22)15-13(17-16-11)23-9-8-20-6-4-3-5-7-20/h3-9H2,1-2H3. The van der Waals surface area contributed by atoms with Crippen LogP contribution in [0.15, 0.2) is 9.59 Å². The zero-order valence-corrected chi connectivity index (χ0v) is 13.4. The van der Waals surface area contributed by atoms with Crippen molar-refractivity contribution in [2.45, 2.75) is 19.3 Å². The summed E-state index contributed by atoms with van der Waals surface area (Å²) < 4.78 is 7.76. The lowest BCUT2D eigenvalue weighted by atomic mass is 10.1. The molecule has 0 amide bonds. The van der Waals surface area contributed by atoms with E-state index in [-0.39, 0.29) is 17.2 Å². The Morgan fingerprint density at radius 3 is 2.52 bits per heavy atom. The molecule has 0 saturated carbocycles. The molecule has 0 radical (unpaired) electrons. The molecule has 2 aromatic rings. The van der Waals surface area contributed by atoms with Crippen molar-refractivity contribution in [3.05, 3.63) is 20.8 Å². The Morgan fingerprint density at radius 1 is 1.04 bits per heavy atom. The van der Waals surface area contributed by atoms with Crippen molar-refractivity contribution >= 4 is 11.2 Å². The molecule has 0 bridgehead atoms. The first kappa shape index (κ1) is 15.6. The van der Waals surface area contributed by atoms with E-state index in [1.807, 2.05) is 0 Å². The van der Waals surface area contributed by atoms with E-state index in [1.165, 1.54) is 37.9 Å². The molecule has 23 heavy (non-hydrogen) atoms. The van der Waals surface area contributed by atoms with E-state index in [0.717, 1.165) is 24.2 Å². The summed E-state index contributed by atoms with van der Waals surface area (Å²) in [5.74, 6) is 0. The van der Waals surface area contributed by atoms with Gasteiger partial charge in [0.1, 0.15) is 6.61 Å². The minimum absolute atomic E-state index is 0.0604.